The van der Waals surface area contributed by atoms with Crippen LogP contribution in [0.3, 0.4) is 0 Å². The number of amides is 1. The van der Waals surface area contributed by atoms with Gasteiger partial charge in [0.1, 0.15) is 5.82 Å². The number of carbonyl (C=O) groups excluding carboxylic acids is 1. The second-order valence-corrected chi connectivity index (χ2v) is 12.8. The second-order valence-electron chi connectivity index (χ2n) is 11.0. The van der Waals surface area contributed by atoms with Gasteiger partial charge in [0, 0.05) is 31.2 Å². The topological polar surface area (TPSA) is 93.0 Å². The summed E-state index contributed by atoms with van der Waals surface area (Å²) in [5.41, 5.74) is 0.705. The van der Waals surface area contributed by atoms with Gasteiger partial charge in [-0.15, -0.1) is 0 Å². The van der Waals surface area contributed by atoms with Crippen LogP contribution in [-0.4, -0.2) is 72.4 Å². The molecule has 1 saturated heterocycles. The maximum Gasteiger partial charge on any atom is 0.260 e. The van der Waals surface area contributed by atoms with Crippen LogP contribution in [-0.2, 0) is 19.6 Å². The number of aryl methyl sites for hydroxylation is 1. The summed E-state index contributed by atoms with van der Waals surface area (Å²) in [6.07, 6.45) is 10.9. The number of carbonyl (C=O) groups is 1. The van der Waals surface area contributed by atoms with E-state index >= 15 is 0 Å². The van der Waals surface area contributed by atoms with Gasteiger partial charge in [0.25, 0.3) is 5.91 Å². The molecule has 10 heteroatoms. The number of piperidine rings is 1. The van der Waals surface area contributed by atoms with E-state index in [0.29, 0.717) is 32.0 Å². The van der Waals surface area contributed by atoms with Gasteiger partial charge in [0.15, 0.2) is 5.67 Å². The fraction of sp³-hybridized carbons (Fsp3) is 0.692. The molecule has 2 aromatic heterocycles. The first-order valence-corrected chi connectivity index (χ1v) is 15.0. The molecule has 1 aliphatic heterocycles. The average Bonchev–Trinajstić information content (AvgIpc) is 3.21. The largest absolute Gasteiger partial charge is 0.378 e. The molecule has 1 N–H and O–H groups in total. The van der Waals surface area contributed by atoms with Crippen LogP contribution in [0.5, 0.6) is 0 Å². The van der Waals surface area contributed by atoms with Crippen LogP contribution >= 0.6 is 0 Å². The number of imidazole rings is 1. The second kappa shape index (κ2) is 10.0. The van der Waals surface area contributed by atoms with Crippen molar-refractivity contribution in [1.82, 2.24) is 19.0 Å². The normalized spacial score (nSPS) is 28.7. The third-order valence-electron chi connectivity index (χ3n) is 8.35. The fourth-order valence-electron chi connectivity index (χ4n) is 6.03. The van der Waals surface area contributed by atoms with Crippen molar-refractivity contribution in [2.75, 3.05) is 26.0 Å². The first kappa shape index (κ1) is 25.6. The Hall–Kier alpha value is -2.04. The molecule has 3 fully saturated rings. The summed E-state index contributed by atoms with van der Waals surface area (Å²) in [5.74, 6) is 0.819. The highest BCUT2D eigenvalue weighted by molar-refractivity contribution is 7.88. The molecule has 3 heterocycles. The van der Waals surface area contributed by atoms with Gasteiger partial charge in [-0.2, -0.15) is 0 Å². The summed E-state index contributed by atoms with van der Waals surface area (Å²) in [6, 6.07) is 4.09. The van der Waals surface area contributed by atoms with Crippen molar-refractivity contribution in [2.24, 2.45) is 5.92 Å². The lowest BCUT2D eigenvalue weighted by atomic mass is 9.80. The van der Waals surface area contributed by atoms with Gasteiger partial charge in [-0.1, -0.05) is 0 Å². The van der Waals surface area contributed by atoms with Crippen LogP contribution in [0.4, 0.5) is 4.39 Å². The summed E-state index contributed by atoms with van der Waals surface area (Å²) in [7, 11) is -3.40. The number of rotatable bonds is 7. The van der Waals surface area contributed by atoms with Crippen molar-refractivity contribution in [3.8, 4) is 0 Å². The number of likely N-dealkylation sites (tertiary alicyclic amines) is 1. The number of hydrogen-bond acceptors (Lipinski definition) is 5. The third kappa shape index (κ3) is 5.45. The molecule has 2 atom stereocenters. The molecule has 0 radical (unpaired) electrons. The number of nitrogens with one attached hydrogen (secondary N) is 1. The average molecular weight is 521 g/mol. The zero-order valence-electron chi connectivity index (χ0n) is 21.2. The molecule has 36 heavy (non-hydrogen) atoms. The number of pyridine rings is 1. The van der Waals surface area contributed by atoms with Gasteiger partial charge in [0.05, 0.1) is 30.7 Å². The molecule has 1 amide bonds. The molecule has 3 aliphatic rings. The zero-order valence-corrected chi connectivity index (χ0v) is 22.0. The number of aromatic nitrogens is 2. The highest BCUT2D eigenvalue weighted by Gasteiger charge is 2.48. The number of fused-ring (bicyclic) bond motifs is 1. The van der Waals surface area contributed by atoms with Gasteiger partial charge < -0.3 is 14.0 Å². The molecule has 0 spiro atoms. The van der Waals surface area contributed by atoms with E-state index in [2.05, 4.69) is 32.4 Å². The third-order valence-corrected chi connectivity index (χ3v) is 9.08. The van der Waals surface area contributed by atoms with Crippen LogP contribution in [0.1, 0.15) is 68.7 Å². The first-order chi connectivity index (χ1) is 17.1. The zero-order chi connectivity index (χ0) is 25.5. The Labute approximate surface area is 212 Å². The van der Waals surface area contributed by atoms with Crippen molar-refractivity contribution >= 4 is 21.4 Å². The van der Waals surface area contributed by atoms with Gasteiger partial charge in [-0.05, 0) is 81.9 Å². The molecule has 2 saturated carbocycles. The molecule has 0 aromatic carbocycles. The van der Waals surface area contributed by atoms with Gasteiger partial charge >= 0.3 is 0 Å². The van der Waals surface area contributed by atoms with E-state index in [-0.39, 0.29) is 30.9 Å². The van der Waals surface area contributed by atoms with E-state index in [4.69, 9.17) is 4.74 Å². The highest BCUT2D eigenvalue weighted by atomic mass is 32.2. The molecular weight excluding hydrogens is 483 g/mol. The van der Waals surface area contributed by atoms with Gasteiger partial charge in [0.2, 0.25) is 10.0 Å². The predicted molar refractivity (Wildman–Crippen MR) is 135 cm³/mol. The van der Waals surface area contributed by atoms with E-state index in [1.807, 2.05) is 13.1 Å². The Balaban J connectivity index is 1.17. The number of halogens is 1. The molecule has 198 valence electrons. The molecule has 0 bridgehead atoms. The lowest BCUT2D eigenvalue weighted by Gasteiger charge is -2.43. The summed E-state index contributed by atoms with van der Waals surface area (Å²) < 4.78 is 49.8. The first-order valence-electron chi connectivity index (χ1n) is 13.1. The van der Waals surface area contributed by atoms with Crippen LogP contribution in [0.15, 0.2) is 24.5 Å². The van der Waals surface area contributed by atoms with E-state index in [0.717, 1.165) is 49.7 Å². The van der Waals surface area contributed by atoms with Gasteiger partial charge in [-0.3, -0.25) is 4.79 Å². The van der Waals surface area contributed by atoms with Crippen molar-refractivity contribution in [2.45, 2.75) is 82.0 Å². The molecular formula is C26H37FN4O4S. The summed E-state index contributed by atoms with van der Waals surface area (Å²) in [6.45, 7) is 3.03. The van der Waals surface area contributed by atoms with Gasteiger partial charge in [-0.25, -0.2) is 22.5 Å². The lowest BCUT2D eigenvalue weighted by molar-refractivity contribution is -0.153. The van der Waals surface area contributed by atoms with E-state index in [1.165, 1.54) is 5.56 Å². The Morgan fingerprint density at radius 3 is 2.67 bits per heavy atom. The summed E-state index contributed by atoms with van der Waals surface area (Å²) in [5, 5.41) is 0. The smallest absolute Gasteiger partial charge is 0.260 e. The van der Waals surface area contributed by atoms with Crippen LogP contribution < -0.4 is 4.72 Å². The summed E-state index contributed by atoms with van der Waals surface area (Å²) >= 11 is 0. The maximum absolute atomic E-state index is 14.8. The minimum absolute atomic E-state index is 0.103. The fourth-order valence-corrected chi connectivity index (χ4v) is 6.89. The molecule has 2 unspecified atom stereocenters. The van der Waals surface area contributed by atoms with Crippen LogP contribution in [0, 0.1) is 12.8 Å². The van der Waals surface area contributed by atoms with Crippen molar-refractivity contribution < 1.29 is 22.3 Å². The number of nitrogens with zero attached hydrogens (tertiary/aromatic N) is 3. The number of sulfonamides is 1. The Morgan fingerprint density at radius 2 is 2.00 bits per heavy atom. The Bertz CT molecular complexity index is 1200. The maximum atomic E-state index is 14.8. The minimum Gasteiger partial charge on any atom is -0.378 e. The van der Waals surface area contributed by atoms with Crippen LogP contribution in [0.25, 0.3) is 5.52 Å². The monoisotopic (exact) mass is 520 g/mol. The molecule has 2 aliphatic carbocycles. The minimum atomic E-state index is -3.40. The molecule has 2 aromatic rings. The number of ether oxygens (including phenoxy) is 1. The lowest BCUT2D eigenvalue weighted by Crippen LogP contribution is -2.58. The SMILES string of the molecule is Cc1ncc2cc(C3CCC(OCC4CN(C(=O)C5(F)CCC5)CCC4NS(C)(=O)=O)CC3)ccn12. The number of alkyl halides is 1. The van der Waals surface area contributed by atoms with Crippen LogP contribution in [0.2, 0.25) is 0 Å². The Kier molecular flexibility index (Phi) is 7.13. The van der Waals surface area contributed by atoms with Crippen molar-refractivity contribution in [3.63, 3.8) is 0 Å². The van der Waals surface area contributed by atoms with E-state index < -0.39 is 21.6 Å². The molecule has 5 rings (SSSR count). The Morgan fingerprint density at radius 1 is 1.25 bits per heavy atom. The summed E-state index contributed by atoms with van der Waals surface area (Å²) in [4.78, 5) is 18.7. The predicted octanol–water partition coefficient (Wildman–Crippen LogP) is 3.34. The highest BCUT2D eigenvalue weighted by Crippen LogP contribution is 2.39. The quantitative estimate of drug-likeness (QED) is 0.605. The van der Waals surface area contributed by atoms with E-state index in [1.54, 1.807) is 4.90 Å². The van der Waals surface area contributed by atoms with Crippen molar-refractivity contribution in [3.05, 3.63) is 35.9 Å². The standard InChI is InChI=1S/C26H37FN4O4S/c1-18-28-15-22-14-20(8-13-31(18)22)19-4-6-23(7-5-19)35-17-21-16-30(25(32)26(27)10-3-11-26)12-9-24(21)29-36(2,33)34/h8,13-15,19,21,23-24,29H,3-7,9-12,16-17H2,1-2H3. The van der Waals surface area contributed by atoms with Crippen molar-refractivity contribution in [1.29, 1.82) is 0 Å². The molecule has 8 nitrogen and oxygen atoms in total. The van der Waals surface area contributed by atoms with E-state index in [9.17, 15) is 17.6 Å². The number of hydrogen-bond donors (Lipinski definition) is 1.